The number of hydrogen-bond acceptors (Lipinski definition) is 3. The van der Waals surface area contributed by atoms with E-state index in [0.717, 1.165) is 17.2 Å². The van der Waals surface area contributed by atoms with Crippen LogP contribution in [0.2, 0.25) is 0 Å². The summed E-state index contributed by atoms with van der Waals surface area (Å²) in [6.07, 6.45) is 2.47. The van der Waals surface area contributed by atoms with Crippen LogP contribution in [0.1, 0.15) is 12.5 Å². The molecule has 1 aromatic heterocycles. The van der Waals surface area contributed by atoms with Crippen LogP contribution in [0.3, 0.4) is 0 Å². The molecule has 0 aliphatic rings. The van der Waals surface area contributed by atoms with Gasteiger partial charge in [0, 0.05) is 22.7 Å². The van der Waals surface area contributed by atoms with E-state index in [9.17, 15) is 9.90 Å². The molecule has 17 heavy (non-hydrogen) atoms. The minimum atomic E-state index is -0.528. The lowest BCUT2D eigenvalue weighted by molar-refractivity contribution is -0.136. The van der Waals surface area contributed by atoms with Gasteiger partial charge < -0.3 is 14.8 Å². The van der Waals surface area contributed by atoms with Crippen molar-refractivity contribution >= 4 is 22.4 Å². The number of carbonyl (C=O) groups excluding carboxylic acids is 1. The van der Waals surface area contributed by atoms with Crippen LogP contribution < -0.4 is 0 Å². The highest BCUT2D eigenvalue weighted by Crippen LogP contribution is 2.25. The van der Waals surface area contributed by atoms with Gasteiger partial charge in [-0.25, -0.2) is 4.79 Å². The molecular weight excluding hydrogens is 218 g/mol. The van der Waals surface area contributed by atoms with Crippen LogP contribution >= 0.6 is 0 Å². The number of ether oxygens (including phenoxy) is 1. The quantitative estimate of drug-likeness (QED) is 0.485. The monoisotopic (exact) mass is 231 g/mol. The second-order valence-corrected chi connectivity index (χ2v) is 3.51. The van der Waals surface area contributed by atoms with Crippen molar-refractivity contribution in [1.82, 2.24) is 4.98 Å². The lowest BCUT2D eigenvalue weighted by atomic mass is 10.1. The number of hydrogen-bond donors (Lipinski definition) is 2. The number of aromatic amines is 1. The predicted octanol–water partition coefficient (Wildman–Crippen LogP) is 2.63. The lowest BCUT2D eigenvalue weighted by Gasteiger charge is -2.04. The molecule has 0 saturated heterocycles. The third-order valence-corrected chi connectivity index (χ3v) is 2.50. The van der Waals surface area contributed by atoms with Gasteiger partial charge in [-0.3, -0.25) is 0 Å². The largest absolute Gasteiger partial charge is 0.515 e. The summed E-state index contributed by atoms with van der Waals surface area (Å²) in [6.45, 7) is 2.00. The number of benzene rings is 1. The highest BCUT2D eigenvalue weighted by molar-refractivity contribution is 6.19. The molecule has 0 radical (unpaired) electrons. The zero-order valence-corrected chi connectivity index (χ0v) is 9.43. The van der Waals surface area contributed by atoms with Gasteiger partial charge in [0.05, 0.1) is 12.9 Å². The molecule has 0 unspecified atom stereocenters. The molecule has 2 aromatic rings. The number of esters is 1. The Kier molecular flexibility index (Phi) is 3.14. The van der Waals surface area contributed by atoms with Gasteiger partial charge in [0.15, 0.2) is 0 Å². The summed E-state index contributed by atoms with van der Waals surface area (Å²) in [5.41, 5.74) is 1.71. The number of para-hydroxylation sites is 1. The molecule has 1 heterocycles. The van der Waals surface area contributed by atoms with E-state index in [1.54, 1.807) is 13.1 Å². The third-order valence-electron chi connectivity index (χ3n) is 2.50. The number of aromatic nitrogens is 1. The van der Waals surface area contributed by atoms with E-state index < -0.39 is 5.97 Å². The molecular formula is C13H13NO3. The number of rotatable bonds is 3. The maximum atomic E-state index is 11.7. The average molecular weight is 231 g/mol. The van der Waals surface area contributed by atoms with Gasteiger partial charge >= 0.3 is 5.97 Å². The summed E-state index contributed by atoms with van der Waals surface area (Å²) in [5, 5.41) is 10.1. The summed E-state index contributed by atoms with van der Waals surface area (Å²) >= 11 is 0. The topological polar surface area (TPSA) is 62.3 Å². The molecule has 2 N–H and O–H groups in total. The first-order chi connectivity index (χ1) is 8.27. The van der Waals surface area contributed by atoms with E-state index >= 15 is 0 Å². The Morgan fingerprint density at radius 1 is 1.47 bits per heavy atom. The smallest absolute Gasteiger partial charge is 0.341 e. The van der Waals surface area contributed by atoms with Crippen LogP contribution in [0.4, 0.5) is 0 Å². The fourth-order valence-electron chi connectivity index (χ4n) is 1.74. The van der Waals surface area contributed by atoms with E-state index in [2.05, 4.69) is 4.98 Å². The van der Waals surface area contributed by atoms with Gasteiger partial charge in [0.2, 0.25) is 0 Å². The third kappa shape index (κ3) is 2.01. The number of fused-ring (bicyclic) bond motifs is 1. The summed E-state index contributed by atoms with van der Waals surface area (Å²) in [7, 11) is 0. The van der Waals surface area contributed by atoms with Crippen LogP contribution in [-0.2, 0) is 9.53 Å². The van der Waals surface area contributed by atoms with E-state index in [1.165, 1.54) is 0 Å². The maximum absolute atomic E-state index is 11.7. The first kappa shape index (κ1) is 11.3. The van der Waals surface area contributed by atoms with Crippen LogP contribution in [0.15, 0.2) is 36.7 Å². The minimum Gasteiger partial charge on any atom is -0.515 e. The molecule has 1 aromatic carbocycles. The second-order valence-electron chi connectivity index (χ2n) is 3.51. The molecule has 0 aliphatic carbocycles. The highest BCUT2D eigenvalue weighted by Gasteiger charge is 2.16. The highest BCUT2D eigenvalue weighted by atomic mass is 16.5. The molecule has 4 nitrogen and oxygen atoms in total. The van der Waals surface area contributed by atoms with Gasteiger partial charge in [-0.05, 0) is 13.0 Å². The van der Waals surface area contributed by atoms with E-state index in [0.29, 0.717) is 5.56 Å². The van der Waals surface area contributed by atoms with Crippen LogP contribution in [0.5, 0.6) is 0 Å². The Labute approximate surface area is 98.5 Å². The summed E-state index contributed by atoms with van der Waals surface area (Å²) < 4.78 is 4.89. The van der Waals surface area contributed by atoms with Crippen LogP contribution in [0, 0.1) is 0 Å². The maximum Gasteiger partial charge on any atom is 0.341 e. The second kappa shape index (κ2) is 4.74. The molecule has 0 spiro atoms. The zero-order valence-electron chi connectivity index (χ0n) is 9.43. The first-order valence-electron chi connectivity index (χ1n) is 5.36. The van der Waals surface area contributed by atoms with E-state index in [4.69, 9.17) is 4.74 Å². The Morgan fingerprint density at radius 2 is 2.24 bits per heavy atom. The van der Waals surface area contributed by atoms with Crippen LogP contribution in [0.25, 0.3) is 16.5 Å². The van der Waals surface area contributed by atoms with Crippen molar-refractivity contribution in [2.45, 2.75) is 6.92 Å². The molecule has 0 saturated carbocycles. The SMILES string of the molecule is CCOC(=O)/C(=C/O)c1c[nH]c2ccccc12. The fraction of sp³-hybridized carbons (Fsp3) is 0.154. The zero-order chi connectivity index (χ0) is 12.3. The summed E-state index contributed by atoms with van der Waals surface area (Å²) in [6, 6.07) is 7.55. The van der Waals surface area contributed by atoms with Gasteiger partial charge in [0.25, 0.3) is 0 Å². The van der Waals surface area contributed by atoms with Crippen molar-refractivity contribution in [2.75, 3.05) is 6.61 Å². The molecule has 2 rings (SSSR count). The van der Waals surface area contributed by atoms with Crippen molar-refractivity contribution < 1.29 is 14.6 Å². The van der Waals surface area contributed by atoms with Crippen molar-refractivity contribution in [1.29, 1.82) is 0 Å². The van der Waals surface area contributed by atoms with Crippen molar-refractivity contribution in [2.24, 2.45) is 0 Å². The van der Waals surface area contributed by atoms with E-state index in [1.807, 2.05) is 24.3 Å². The number of nitrogens with one attached hydrogen (secondary N) is 1. The molecule has 88 valence electrons. The number of aliphatic hydroxyl groups is 1. The van der Waals surface area contributed by atoms with Gasteiger partial charge in [-0.15, -0.1) is 0 Å². The van der Waals surface area contributed by atoms with Crippen molar-refractivity contribution in [3.05, 3.63) is 42.3 Å². The van der Waals surface area contributed by atoms with E-state index in [-0.39, 0.29) is 12.2 Å². The van der Waals surface area contributed by atoms with Crippen molar-refractivity contribution in [3.63, 3.8) is 0 Å². The normalized spacial score (nSPS) is 11.7. The van der Waals surface area contributed by atoms with Gasteiger partial charge in [-0.1, -0.05) is 18.2 Å². The van der Waals surface area contributed by atoms with Gasteiger partial charge in [-0.2, -0.15) is 0 Å². The number of carbonyl (C=O) groups is 1. The number of aliphatic hydroxyl groups excluding tert-OH is 1. The Balaban J connectivity index is 2.48. The predicted molar refractivity (Wildman–Crippen MR) is 65.5 cm³/mol. The van der Waals surface area contributed by atoms with Gasteiger partial charge in [0.1, 0.15) is 5.57 Å². The summed E-state index contributed by atoms with van der Waals surface area (Å²) in [4.78, 5) is 14.7. The van der Waals surface area contributed by atoms with Crippen molar-refractivity contribution in [3.8, 4) is 0 Å². The molecule has 4 heteroatoms. The Hall–Kier alpha value is -2.23. The Morgan fingerprint density at radius 3 is 2.94 bits per heavy atom. The first-order valence-corrected chi connectivity index (χ1v) is 5.36. The lowest BCUT2D eigenvalue weighted by Crippen LogP contribution is -2.06. The summed E-state index contributed by atoms with van der Waals surface area (Å²) in [5.74, 6) is -0.528. The fourth-order valence-corrected chi connectivity index (χ4v) is 1.74. The molecule has 0 atom stereocenters. The standard InChI is InChI=1S/C13H13NO3/c1-2-17-13(16)11(8-15)10-7-14-12-6-4-3-5-9(10)12/h3-8,14-15H,2H2,1H3/b11-8+. The van der Waals surface area contributed by atoms with Crippen LogP contribution in [-0.4, -0.2) is 22.7 Å². The average Bonchev–Trinajstić information content (AvgIpc) is 2.75. The molecule has 0 bridgehead atoms. The molecule has 0 aliphatic heterocycles. The molecule has 0 fully saturated rings. The minimum absolute atomic E-state index is 0.157. The number of H-pyrrole nitrogens is 1. The molecule has 0 amide bonds. The Bertz CT molecular complexity index is 569.